The molecule has 1 aliphatic heterocycles. The summed E-state index contributed by atoms with van der Waals surface area (Å²) in [5.41, 5.74) is 1.73. The molecule has 1 fully saturated rings. The van der Waals surface area contributed by atoms with Crippen LogP contribution in [-0.2, 0) is 9.57 Å². The predicted molar refractivity (Wildman–Crippen MR) is 84.2 cm³/mol. The molecule has 1 amide bonds. The van der Waals surface area contributed by atoms with Crippen molar-refractivity contribution in [2.75, 3.05) is 33.4 Å². The fraction of sp³-hybridized carbons (Fsp3) is 0.615. The van der Waals surface area contributed by atoms with Gasteiger partial charge in [-0.2, -0.15) is 10.5 Å². The van der Waals surface area contributed by atoms with E-state index >= 15 is 0 Å². The summed E-state index contributed by atoms with van der Waals surface area (Å²) in [4.78, 5) is 31.0. The highest BCUT2D eigenvalue weighted by molar-refractivity contribution is 5.67. The molecule has 0 aromatic carbocycles. The van der Waals surface area contributed by atoms with Gasteiger partial charge in [-0.1, -0.05) is 0 Å². The number of nitrogens with one attached hydrogen (secondary N) is 2. The first kappa shape index (κ1) is 21.8. The predicted octanol–water partition coefficient (Wildman–Crippen LogP) is -1.19. The molecule has 0 radical (unpaired) electrons. The number of ether oxygens (including phenoxy) is 1. The number of hydrogen-bond donors (Lipinski definition) is 5. The van der Waals surface area contributed by atoms with Gasteiger partial charge in [-0.05, 0) is 12.8 Å². The number of carbonyl (C=O) groups excluding carboxylic acids is 1. The fourth-order valence-electron chi connectivity index (χ4n) is 1.86. The third-order valence-corrected chi connectivity index (χ3v) is 2.88. The van der Waals surface area contributed by atoms with Gasteiger partial charge in [0.2, 0.25) is 0 Å². The zero-order valence-corrected chi connectivity index (χ0v) is 13.8. The minimum absolute atomic E-state index is 0.0711. The third kappa shape index (κ3) is 6.50. The van der Waals surface area contributed by atoms with Crippen LogP contribution in [0.2, 0.25) is 0 Å². The molecule has 2 atom stereocenters. The molecule has 1 aromatic rings. The van der Waals surface area contributed by atoms with E-state index in [4.69, 9.17) is 20.1 Å². The van der Waals surface area contributed by atoms with Crippen molar-refractivity contribution in [1.29, 1.82) is 0 Å². The molecule has 138 valence electrons. The van der Waals surface area contributed by atoms with Gasteiger partial charge in [-0.25, -0.2) is 9.59 Å². The molecule has 24 heavy (non-hydrogen) atoms. The fourth-order valence-corrected chi connectivity index (χ4v) is 1.86. The van der Waals surface area contributed by atoms with Crippen molar-refractivity contribution in [1.82, 2.24) is 14.9 Å². The van der Waals surface area contributed by atoms with Crippen LogP contribution in [0.3, 0.4) is 0 Å². The van der Waals surface area contributed by atoms with E-state index < -0.39 is 18.0 Å². The SMILES string of the molecule is CNC(=O)ONc1ccn(C2CCC(CO)O2)c(=O)n1.CO.CO. The second kappa shape index (κ2) is 12.2. The van der Waals surface area contributed by atoms with Crippen LogP contribution >= 0.6 is 0 Å². The van der Waals surface area contributed by atoms with E-state index in [1.54, 1.807) is 0 Å². The minimum Gasteiger partial charge on any atom is -0.400 e. The Labute approximate surface area is 138 Å². The minimum atomic E-state index is -0.694. The summed E-state index contributed by atoms with van der Waals surface area (Å²) in [6, 6.07) is 1.49. The summed E-state index contributed by atoms with van der Waals surface area (Å²) in [6.45, 7) is -0.0711. The molecular weight excluding hydrogens is 324 g/mol. The molecule has 0 bridgehead atoms. The Balaban J connectivity index is 0.00000123. The average molecular weight is 348 g/mol. The van der Waals surface area contributed by atoms with E-state index in [1.807, 2.05) is 0 Å². The summed E-state index contributed by atoms with van der Waals surface area (Å²) < 4.78 is 6.82. The molecule has 11 heteroatoms. The van der Waals surface area contributed by atoms with Gasteiger partial charge in [0.15, 0.2) is 5.82 Å². The lowest BCUT2D eigenvalue weighted by molar-refractivity contribution is -0.0245. The molecule has 2 rings (SSSR count). The Kier molecular flexibility index (Phi) is 11.1. The van der Waals surface area contributed by atoms with Crippen molar-refractivity contribution in [3.8, 4) is 0 Å². The van der Waals surface area contributed by atoms with Gasteiger partial charge in [-0.3, -0.25) is 4.57 Å². The summed E-state index contributed by atoms with van der Waals surface area (Å²) in [7, 11) is 3.41. The maximum atomic E-state index is 11.8. The van der Waals surface area contributed by atoms with Gasteiger partial charge in [0.25, 0.3) is 0 Å². The highest BCUT2D eigenvalue weighted by atomic mass is 16.7. The first-order chi connectivity index (χ1) is 11.6. The zero-order chi connectivity index (χ0) is 18.5. The van der Waals surface area contributed by atoms with E-state index in [-0.39, 0.29) is 18.5 Å². The maximum Gasteiger partial charge on any atom is 0.431 e. The molecule has 1 aromatic heterocycles. The number of aromatic nitrogens is 2. The molecule has 1 saturated heterocycles. The number of carbonyl (C=O) groups is 1. The second-order valence-corrected chi connectivity index (χ2v) is 4.22. The van der Waals surface area contributed by atoms with E-state index in [0.717, 1.165) is 14.2 Å². The molecule has 2 unspecified atom stereocenters. The van der Waals surface area contributed by atoms with Crippen molar-refractivity contribution in [2.45, 2.75) is 25.2 Å². The zero-order valence-electron chi connectivity index (χ0n) is 13.8. The number of anilines is 1. The Morgan fingerprint density at radius 2 is 2.08 bits per heavy atom. The first-order valence-corrected chi connectivity index (χ1v) is 7.03. The number of aliphatic hydroxyl groups is 3. The van der Waals surface area contributed by atoms with E-state index in [0.29, 0.717) is 12.8 Å². The summed E-state index contributed by atoms with van der Waals surface area (Å²) in [6.07, 6.45) is 1.44. The normalized spacial score (nSPS) is 18.4. The molecule has 0 saturated carbocycles. The highest BCUT2D eigenvalue weighted by Gasteiger charge is 2.26. The van der Waals surface area contributed by atoms with E-state index in [9.17, 15) is 9.59 Å². The van der Waals surface area contributed by atoms with Crippen LogP contribution in [0.15, 0.2) is 17.1 Å². The van der Waals surface area contributed by atoms with Crippen LogP contribution in [-0.4, -0.2) is 64.9 Å². The van der Waals surface area contributed by atoms with E-state index in [2.05, 4.69) is 20.6 Å². The van der Waals surface area contributed by atoms with Gasteiger partial charge in [0.05, 0.1) is 12.7 Å². The lowest BCUT2D eigenvalue weighted by atomic mass is 10.2. The number of nitrogens with zero attached hydrogens (tertiary/aromatic N) is 2. The Hall–Kier alpha value is -2.21. The summed E-state index contributed by atoms with van der Waals surface area (Å²) >= 11 is 0. The highest BCUT2D eigenvalue weighted by Crippen LogP contribution is 2.26. The number of amides is 1. The Bertz CT molecular complexity index is 537. The van der Waals surface area contributed by atoms with Crippen LogP contribution in [0.25, 0.3) is 0 Å². The van der Waals surface area contributed by atoms with Crippen molar-refractivity contribution in [2.24, 2.45) is 0 Å². The monoisotopic (exact) mass is 348 g/mol. The molecular formula is C13H24N4O7. The van der Waals surface area contributed by atoms with Gasteiger partial charge in [0.1, 0.15) is 6.23 Å². The van der Waals surface area contributed by atoms with Gasteiger partial charge in [0, 0.05) is 33.5 Å². The third-order valence-electron chi connectivity index (χ3n) is 2.88. The van der Waals surface area contributed by atoms with Crippen molar-refractivity contribution < 1.29 is 29.7 Å². The van der Waals surface area contributed by atoms with Crippen LogP contribution in [0.1, 0.15) is 19.1 Å². The van der Waals surface area contributed by atoms with Crippen LogP contribution < -0.4 is 16.5 Å². The molecule has 0 aliphatic carbocycles. The number of rotatable bonds is 4. The molecule has 0 spiro atoms. The van der Waals surface area contributed by atoms with Crippen LogP contribution in [0, 0.1) is 0 Å². The lowest BCUT2D eigenvalue weighted by Gasteiger charge is -2.14. The standard InChI is InChI=1S/C11H16N4O5.2CH4O/c1-12-11(18)20-14-8-4-5-15(10(17)13-8)9-3-2-7(6-16)19-9;2*1-2/h4-5,7,9,16H,2-3,6H2,1H3,(H,12,18)(H,13,14,17);2*2H,1H3. The van der Waals surface area contributed by atoms with Crippen molar-refractivity contribution in [3.05, 3.63) is 22.7 Å². The summed E-state index contributed by atoms with van der Waals surface area (Å²) in [5, 5.41) is 25.2. The summed E-state index contributed by atoms with van der Waals surface area (Å²) in [5.74, 6) is 0.117. The second-order valence-electron chi connectivity index (χ2n) is 4.22. The van der Waals surface area contributed by atoms with Gasteiger partial charge >= 0.3 is 11.8 Å². The van der Waals surface area contributed by atoms with Crippen molar-refractivity contribution >= 4 is 11.9 Å². The molecule has 11 nitrogen and oxygen atoms in total. The average Bonchev–Trinajstić information content (AvgIpc) is 3.12. The smallest absolute Gasteiger partial charge is 0.400 e. The van der Waals surface area contributed by atoms with E-state index in [1.165, 1.54) is 23.9 Å². The molecule has 1 aliphatic rings. The number of aliphatic hydroxyl groups excluding tert-OH is 3. The maximum absolute atomic E-state index is 11.8. The largest absolute Gasteiger partial charge is 0.431 e. The van der Waals surface area contributed by atoms with Crippen LogP contribution in [0.4, 0.5) is 10.6 Å². The quantitative estimate of drug-likeness (QED) is 0.422. The molecule has 5 N–H and O–H groups in total. The Morgan fingerprint density at radius 3 is 2.58 bits per heavy atom. The first-order valence-electron chi connectivity index (χ1n) is 7.03. The molecule has 2 heterocycles. The van der Waals surface area contributed by atoms with Gasteiger partial charge < -0.3 is 30.2 Å². The van der Waals surface area contributed by atoms with Gasteiger partial charge in [-0.15, -0.1) is 0 Å². The number of hydrogen-bond acceptors (Lipinski definition) is 9. The van der Waals surface area contributed by atoms with Crippen LogP contribution in [0.5, 0.6) is 0 Å². The lowest BCUT2D eigenvalue weighted by Crippen LogP contribution is -2.29. The topological polar surface area (TPSA) is 155 Å². The Morgan fingerprint density at radius 1 is 1.42 bits per heavy atom. The van der Waals surface area contributed by atoms with Crippen molar-refractivity contribution in [3.63, 3.8) is 0 Å².